The van der Waals surface area contributed by atoms with Gasteiger partial charge in [0.15, 0.2) is 0 Å². The lowest BCUT2D eigenvalue weighted by Gasteiger charge is -2.11. The van der Waals surface area contributed by atoms with E-state index in [-0.39, 0.29) is 15.7 Å². The molecule has 0 saturated heterocycles. The van der Waals surface area contributed by atoms with Gasteiger partial charge in [-0.1, -0.05) is 17.7 Å². The Kier molecular flexibility index (Phi) is 4.31. The Balaban J connectivity index is 2.46. The molecule has 1 N–H and O–H groups in total. The normalized spacial score (nSPS) is 11.4. The van der Waals surface area contributed by atoms with Crippen molar-refractivity contribution in [1.29, 1.82) is 0 Å². The van der Waals surface area contributed by atoms with Crippen molar-refractivity contribution in [2.45, 2.75) is 11.8 Å². The van der Waals surface area contributed by atoms with Crippen LogP contribution in [0, 0.1) is 12.7 Å². The highest BCUT2D eigenvalue weighted by atomic mass is 79.9. The quantitative estimate of drug-likeness (QED) is 0.826. The van der Waals surface area contributed by atoms with Crippen molar-refractivity contribution < 1.29 is 12.8 Å². The highest BCUT2D eigenvalue weighted by Gasteiger charge is 2.20. The molecule has 8 heteroatoms. The Hall–Kier alpha value is -1.18. The van der Waals surface area contributed by atoms with Crippen LogP contribution in [0.4, 0.5) is 10.1 Å². The number of anilines is 1. The first-order valence-corrected chi connectivity index (χ1v) is 8.05. The molecule has 0 bridgehead atoms. The zero-order chi connectivity index (χ0) is 14.9. The number of benzene rings is 1. The largest absolute Gasteiger partial charge is 0.279 e. The minimum Gasteiger partial charge on any atom is -0.279 e. The maximum Gasteiger partial charge on any atom is 0.265 e. The van der Waals surface area contributed by atoms with Gasteiger partial charge >= 0.3 is 0 Å². The maximum atomic E-state index is 13.2. The molecule has 20 heavy (non-hydrogen) atoms. The van der Waals surface area contributed by atoms with Crippen LogP contribution in [0.2, 0.25) is 5.15 Å². The summed E-state index contributed by atoms with van der Waals surface area (Å²) in [6, 6.07) is 5.16. The molecule has 0 atom stereocenters. The van der Waals surface area contributed by atoms with Crippen LogP contribution in [-0.4, -0.2) is 13.4 Å². The van der Waals surface area contributed by atoms with E-state index in [9.17, 15) is 12.8 Å². The molecule has 0 fully saturated rings. The van der Waals surface area contributed by atoms with E-state index in [4.69, 9.17) is 11.6 Å². The third-order valence-electron chi connectivity index (χ3n) is 2.51. The van der Waals surface area contributed by atoms with Gasteiger partial charge in [0, 0.05) is 10.7 Å². The van der Waals surface area contributed by atoms with E-state index in [1.807, 2.05) is 0 Å². The SMILES string of the molecule is Cc1ccc(F)cc1NS(=O)(=O)c1cc(Br)cnc1Cl. The standard InChI is InChI=1S/C12H9BrClFN2O2S/c1-7-2-3-9(15)5-10(7)17-20(18,19)11-4-8(13)6-16-12(11)14/h2-6,17H,1H3. The summed E-state index contributed by atoms with van der Waals surface area (Å²) in [6.07, 6.45) is 1.38. The first kappa shape index (κ1) is 15.2. The molecule has 2 aromatic rings. The van der Waals surface area contributed by atoms with Crippen LogP contribution in [0.1, 0.15) is 5.56 Å². The molecule has 0 unspecified atom stereocenters. The predicted molar refractivity (Wildman–Crippen MR) is 78.9 cm³/mol. The summed E-state index contributed by atoms with van der Waals surface area (Å²) in [7, 11) is -3.95. The van der Waals surface area contributed by atoms with Gasteiger partial charge in [-0.05, 0) is 46.6 Å². The number of aryl methyl sites for hydroxylation is 1. The number of hydrogen-bond donors (Lipinski definition) is 1. The second-order valence-corrected chi connectivity index (χ2v) is 6.93. The fourth-order valence-electron chi connectivity index (χ4n) is 1.50. The van der Waals surface area contributed by atoms with Crippen LogP contribution in [0.3, 0.4) is 0 Å². The molecule has 2 rings (SSSR count). The van der Waals surface area contributed by atoms with Crippen LogP contribution in [0.15, 0.2) is 39.8 Å². The number of hydrogen-bond acceptors (Lipinski definition) is 3. The van der Waals surface area contributed by atoms with Crippen LogP contribution >= 0.6 is 27.5 Å². The first-order valence-electron chi connectivity index (χ1n) is 5.39. The van der Waals surface area contributed by atoms with Gasteiger partial charge in [-0.25, -0.2) is 17.8 Å². The molecule has 1 heterocycles. The molecule has 0 spiro atoms. The zero-order valence-corrected chi connectivity index (χ0v) is 13.4. The van der Waals surface area contributed by atoms with E-state index in [0.717, 1.165) is 6.07 Å². The predicted octanol–water partition coefficient (Wildman–Crippen LogP) is 3.75. The molecule has 4 nitrogen and oxygen atoms in total. The molecule has 106 valence electrons. The fourth-order valence-corrected chi connectivity index (χ4v) is 3.56. The minimum atomic E-state index is -3.95. The summed E-state index contributed by atoms with van der Waals surface area (Å²) in [5, 5.41) is -0.158. The van der Waals surface area contributed by atoms with Crippen molar-refractivity contribution in [3.63, 3.8) is 0 Å². The molecule has 1 aromatic heterocycles. The topological polar surface area (TPSA) is 59.1 Å². The van der Waals surface area contributed by atoms with Crippen molar-refractivity contribution in [2.75, 3.05) is 4.72 Å². The van der Waals surface area contributed by atoms with Gasteiger partial charge in [-0.15, -0.1) is 0 Å². The lowest BCUT2D eigenvalue weighted by Crippen LogP contribution is -2.15. The zero-order valence-electron chi connectivity index (χ0n) is 10.2. The van der Waals surface area contributed by atoms with Crippen molar-refractivity contribution >= 4 is 43.2 Å². The number of pyridine rings is 1. The minimum absolute atomic E-state index is 0.154. The van der Waals surface area contributed by atoms with Crippen LogP contribution in [0.5, 0.6) is 0 Å². The number of rotatable bonds is 3. The second kappa shape index (κ2) is 5.67. The lowest BCUT2D eigenvalue weighted by molar-refractivity contribution is 0.600. The summed E-state index contributed by atoms with van der Waals surface area (Å²) in [4.78, 5) is 3.57. The third-order valence-corrected chi connectivity index (χ3v) is 4.73. The van der Waals surface area contributed by atoms with Gasteiger partial charge in [0.1, 0.15) is 15.9 Å². The molecule has 0 radical (unpaired) electrons. The highest BCUT2D eigenvalue weighted by molar-refractivity contribution is 9.10. The van der Waals surface area contributed by atoms with E-state index >= 15 is 0 Å². The van der Waals surface area contributed by atoms with Gasteiger partial charge < -0.3 is 0 Å². The number of aromatic nitrogens is 1. The van der Waals surface area contributed by atoms with Gasteiger partial charge in [0.25, 0.3) is 10.0 Å². The smallest absolute Gasteiger partial charge is 0.265 e. The van der Waals surface area contributed by atoms with Crippen molar-refractivity contribution in [3.05, 3.63) is 51.5 Å². The average molecular weight is 380 g/mol. The molecule has 0 aliphatic carbocycles. The Morgan fingerprint density at radius 1 is 1.35 bits per heavy atom. The van der Waals surface area contributed by atoms with Gasteiger partial charge in [-0.3, -0.25) is 4.72 Å². The lowest BCUT2D eigenvalue weighted by atomic mass is 10.2. The van der Waals surface area contributed by atoms with Gasteiger partial charge in [0.05, 0.1) is 5.69 Å². The van der Waals surface area contributed by atoms with Gasteiger partial charge in [0.2, 0.25) is 0 Å². The maximum absolute atomic E-state index is 13.2. The van der Waals surface area contributed by atoms with E-state index in [2.05, 4.69) is 25.6 Å². The van der Waals surface area contributed by atoms with E-state index in [1.54, 1.807) is 6.92 Å². The molecular formula is C12H9BrClFN2O2S. The van der Waals surface area contributed by atoms with Crippen LogP contribution in [0.25, 0.3) is 0 Å². The Morgan fingerprint density at radius 3 is 2.75 bits per heavy atom. The number of halogens is 3. The summed E-state index contributed by atoms with van der Waals surface area (Å²) < 4.78 is 40.5. The Morgan fingerprint density at radius 2 is 2.05 bits per heavy atom. The summed E-state index contributed by atoms with van der Waals surface area (Å²) in [5.74, 6) is -0.535. The van der Waals surface area contributed by atoms with Crippen molar-refractivity contribution in [3.8, 4) is 0 Å². The van der Waals surface area contributed by atoms with E-state index < -0.39 is 15.8 Å². The molecular weight excluding hydrogens is 371 g/mol. The Labute approximate surface area is 129 Å². The number of nitrogens with zero attached hydrogens (tertiary/aromatic N) is 1. The fraction of sp³-hybridized carbons (Fsp3) is 0.0833. The van der Waals surface area contributed by atoms with Crippen molar-refractivity contribution in [2.24, 2.45) is 0 Å². The third kappa shape index (κ3) is 3.28. The second-order valence-electron chi connectivity index (χ2n) is 4.01. The monoisotopic (exact) mass is 378 g/mol. The summed E-state index contributed by atoms with van der Waals surface area (Å²) >= 11 is 8.92. The van der Waals surface area contributed by atoms with E-state index in [0.29, 0.717) is 10.0 Å². The average Bonchev–Trinajstić information content (AvgIpc) is 2.36. The first-order chi connectivity index (χ1) is 9.29. The number of sulfonamides is 1. The van der Waals surface area contributed by atoms with Crippen LogP contribution < -0.4 is 4.72 Å². The number of nitrogens with one attached hydrogen (secondary N) is 1. The van der Waals surface area contributed by atoms with E-state index in [1.165, 1.54) is 24.4 Å². The molecule has 0 aliphatic rings. The molecule has 0 amide bonds. The molecule has 0 aliphatic heterocycles. The highest BCUT2D eigenvalue weighted by Crippen LogP contribution is 2.26. The van der Waals surface area contributed by atoms with Gasteiger partial charge in [-0.2, -0.15) is 0 Å². The molecule has 0 saturated carbocycles. The Bertz CT molecular complexity index is 768. The van der Waals surface area contributed by atoms with Crippen LogP contribution in [-0.2, 0) is 10.0 Å². The molecule has 1 aromatic carbocycles. The summed E-state index contributed by atoms with van der Waals surface area (Å²) in [5.41, 5.74) is 0.745. The van der Waals surface area contributed by atoms with Crippen molar-refractivity contribution in [1.82, 2.24) is 4.98 Å². The summed E-state index contributed by atoms with van der Waals surface area (Å²) in [6.45, 7) is 1.66.